The molecule has 0 unspecified atom stereocenters. The number of rotatable bonds is 5. The second-order valence-electron chi connectivity index (χ2n) is 5.07. The van der Waals surface area contributed by atoms with Crippen molar-refractivity contribution in [3.05, 3.63) is 52.3 Å². The van der Waals surface area contributed by atoms with Gasteiger partial charge in [-0.1, -0.05) is 44.5 Å². The van der Waals surface area contributed by atoms with E-state index >= 15 is 0 Å². The molecule has 6 heteroatoms. The lowest BCUT2D eigenvalue weighted by Crippen LogP contribution is -2.10. The van der Waals surface area contributed by atoms with Gasteiger partial charge in [-0.15, -0.1) is 5.10 Å². The maximum atomic E-state index is 10.5. The van der Waals surface area contributed by atoms with Crippen molar-refractivity contribution in [2.24, 2.45) is 5.92 Å². The van der Waals surface area contributed by atoms with Crippen LogP contribution < -0.4 is 0 Å². The molecule has 0 N–H and O–H groups in total. The van der Waals surface area contributed by atoms with E-state index in [-0.39, 0.29) is 10.6 Å². The molecule has 0 fully saturated rings. The molecular weight excluding hydrogens is 268 g/mol. The standard InChI is InChI=1S/C12H14N4O2.C3H8/c1-10(9-15-7-6-13-14-15)8-11-2-4-12(5-3-11)16(17)18;1-3-2/h2-7,10H,8-9H2,1H3;3H2,1-2H3/t10-;/m0./s1. The van der Waals surface area contributed by atoms with Crippen molar-refractivity contribution in [2.45, 2.75) is 40.2 Å². The maximum absolute atomic E-state index is 10.5. The first-order valence-corrected chi connectivity index (χ1v) is 7.14. The molecule has 1 aromatic heterocycles. The summed E-state index contributed by atoms with van der Waals surface area (Å²) in [5, 5.41) is 18.2. The van der Waals surface area contributed by atoms with E-state index in [0.717, 1.165) is 18.5 Å². The number of non-ortho nitro benzene ring substituents is 1. The third kappa shape index (κ3) is 6.16. The largest absolute Gasteiger partial charge is 0.269 e. The van der Waals surface area contributed by atoms with E-state index < -0.39 is 0 Å². The first-order chi connectivity index (χ1) is 10.1. The molecule has 0 saturated carbocycles. The lowest BCUT2D eigenvalue weighted by atomic mass is 10.0. The molecule has 0 amide bonds. The molecule has 0 aliphatic carbocycles. The van der Waals surface area contributed by atoms with E-state index in [2.05, 4.69) is 31.1 Å². The van der Waals surface area contributed by atoms with Crippen LogP contribution in [0.4, 0.5) is 5.69 Å². The number of hydrogen-bond donors (Lipinski definition) is 0. The molecule has 6 nitrogen and oxygen atoms in total. The Morgan fingerprint density at radius 1 is 1.29 bits per heavy atom. The monoisotopic (exact) mass is 290 g/mol. The second kappa shape index (κ2) is 8.84. The fourth-order valence-corrected chi connectivity index (χ4v) is 1.87. The van der Waals surface area contributed by atoms with Crippen LogP contribution in [0.5, 0.6) is 0 Å². The van der Waals surface area contributed by atoms with Crippen LogP contribution in [0, 0.1) is 16.0 Å². The van der Waals surface area contributed by atoms with Gasteiger partial charge in [-0.25, -0.2) is 0 Å². The van der Waals surface area contributed by atoms with E-state index in [0.29, 0.717) is 5.92 Å². The Hall–Kier alpha value is -2.24. The summed E-state index contributed by atoms with van der Waals surface area (Å²) < 4.78 is 1.79. The van der Waals surface area contributed by atoms with Gasteiger partial charge in [0.1, 0.15) is 0 Å². The SMILES string of the molecule is CCC.C[C@@H](Cc1ccc([N+](=O)[O-])cc1)Cn1ccnn1. The number of nitrogens with zero attached hydrogens (tertiary/aromatic N) is 4. The normalized spacial score (nSPS) is 11.4. The average molecular weight is 290 g/mol. The van der Waals surface area contributed by atoms with Crippen molar-refractivity contribution < 1.29 is 4.92 Å². The average Bonchev–Trinajstić information content (AvgIpc) is 2.93. The summed E-state index contributed by atoms with van der Waals surface area (Å²) in [7, 11) is 0. The van der Waals surface area contributed by atoms with Gasteiger partial charge in [0.25, 0.3) is 5.69 Å². The minimum Gasteiger partial charge on any atom is -0.258 e. The molecule has 1 atom stereocenters. The topological polar surface area (TPSA) is 73.8 Å². The molecule has 0 aliphatic rings. The van der Waals surface area contributed by atoms with Crippen LogP contribution in [-0.4, -0.2) is 19.9 Å². The van der Waals surface area contributed by atoms with Gasteiger partial charge in [-0.05, 0) is 17.9 Å². The van der Waals surface area contributed by atoms with Crippen LogP contribution in [0.3, 0.4) is 0 Å². The Balaban J connectivity index is 0.000000677. The highest BCUT2D eigenvalue weighted by atomic mass is 16.6. The fraction of sp³-hybridized carbons (Fsp3) is 0.467. The quantitative estimate of drug-likeness (QED) is 0.624. The summed E-state index contributed by atoms with van der Waals surface area (Å²) in [6.45, 7) is 7.15. The summed E-state index contributed by atoms with van der Waals surface area (Å²) in [6.07, 6.45) is 5.59. The highest BCUT2D eigenvalue weighted by Gasteiger charge is 2.08. The molecule has 1 heterocycles. The summed E-state index contributed by atoms with van der Waals surface area (Å²) in [5.74, 6) is 0.396. The number of nitro groups is 1. The second-order valence-corrected chi connectivity index (χ2v) is 5.07. The summed E-state index contributed by atoms with van der Waals surface area (Å²) in [6, 6.07) is 6.68. The van der Waals surface area contributed by atoms with Crippen LogP contribution in [-0.2, 0) is 13.0 Å². The smallest absolute Gasteiger partial charge is 0.258 e. The lowest BCUT2D eigenvalue weighted by molar-refractivity contribution is -0.384. The Morgan fingerprint density at radius 3 is 2.38 bits per heavy atom. The van der Waals surface area contributed by atoms with Crippen molar-refractivity contribution in [2.75, 3.05) is 0 Å². The predicted molar refractivity (Wildman–Crippen MR) is 82.0 cm³/mol. The molecule has 0 spiro atoms. The Kier molecular flexibility index (Phi) is 7.08. The van der Waals surface area contributed by atoms with Gasteiger partial charge in [0, 0.05) is 24.9 Å². The van der Waals surface area contributed by atoms with Crippen molar-refractivity contribution in [1.82, 2.24) is 15.0 Å². The minimum atomic E-state index is -0.386. The Labute approximate surface area is 124 Å². The van der Waals surface area contributed by atoms with Crippen molar-refractivity contribution in [1.29, 1.82) is 0 Å². The van der Waals surface area contributed by atoms with Gasteiger partial charge in [-0.2, -0.15) is 0 Å². The lowest BCUT2D eigenvalue weighted by Gasteiger charge is -2.10. The number of nitro benzene ring substituents is 1. The first kappa shape index (κ1) is 16.8. The van der Waals surface area contributed by atoms with Gasteiger partial charge in [0.15, 0.2) is 0 Å². The van der Waals surface area contributed by atoms with Crippen LogP contribution in [0.15, 0.2) is 36.7 Å². The number of hydrogen-bond acceptors (Lipinski definition) is 4. The zero-order chi connectivity index (χ0) is 15.7. The fourth-order valence-electron chi connectivity index (χ4n) is 1.87. The maximum Gasteiger partial charge on any atom is 0.269 e. The molecule has 21 heavy (non-hydrogen) atoms. The number of aromatic nitrogens is 3. The zero-order valence-corrected chi connectivity index (χ0v) is 12.8. The number of benzene rings is 1. The van der Waals surface area contributed by atoms with Crippen LogP contribution in [0.2, 0.25) is 0 Å². The van der Waals surface area contributed by atoms with E-state index in [4.69, 9.17) is 0 Å². The van der Waals surface area contributed by atoms with E-state index in [1.54, 1.807) is 23.0 Å². The van der Waals surface area contributed by atoms with Gasteiger partial charge in [-0.3, -0.25) is 14.8 Å². The summed E-state index contributed by atoms with van der Waals surface area (Å²) >= 11 is 0. The molecule has 1 aromatic carbocycles. The molecule has 0 radical (unpaired) electrons. The zero-order valence-electron chi connectivity index (χ0n) is 12.8. The molecular formula is C15H22N4O2. The van der Waals surface area contributed by atoms with Gasteiger partial charge in [0.2, 0.25) is 0 Å². The third-order valence-corrected chi connectivity index (χ3v) is 2.70. The summed E-state index contributed by atoms with van der Waals surface area (Å²) in [4.78, 5) is 10.1. The third-order valence-electron chi connectivity index (χ3n) is 2.70. The van der Waals surface area contributed by atoms with Crippen LogP contribution >= 0.6 is 0 Å². The highest BCUT2D eigenvalue weighted by Crippen LogP contribution is 2.15. The van der Waals surface area contributed by atoms with E-state index in [1.807, 2.05) is 6.20 Å². The van der Waals surface area contributed by atoms with Crippen LogP contribution in [0.25, 0.3) is 0 Å². The molecule has 0 aliphatic heterocycles. The van der Waals surface area contributed by atoms with Gasteiger partial charge >= 0.3 is 0 Å². The molecule has 114 valence electrons. The van der Waals surface area contributed by atoms with Gasteiger partial charge in [0.05, 0.1) is 11.1 Å². The van der Waals surface area contributed by atoms with E-state index in [1.165, 1.54) is 18.6 Å². The molecule has 2 aromatic rings. The Bertz CT molecular complexity index is 523. The molecule has 2 rings (SSSR count). The van der Waals surface area contributed by atoms with Crippen molar-refractivity contribution >= 4 is 5.69 Å². The van der Waals surface area contributed by atoms with E-state index in [9.17, 15) is 10.1 Å². The highest BCUT2D eigenvalue weighted by molar-refractivity contribution is 5.32. The first-order valence-electron chi connectivity index (χ1n) is 7.14. The predicted octanol–water partition coefficient (Wildman–Crippen LogP) is 3.48. The Morgan fingerprint density at radius 2 is 1.90 bits per heavy atom. The minimum absolute atomic E-state index is 0.127. The van der Waals surface area contributed by atoms with Gasteiger partial charge < -0.3 is 0 Å². The van der Waals surface area contributed by atoms with Crippen molar-refractivity contribution in [3.8, 4) is 0 Å². The summed E-state index contributed by atoms with van der Waals surface area (Å²) in [5.41, 5.74) is 1.22. The van der Waals surface area contributed by atoms with Crippen molar-refractivity contribution in [3.63, 3.8) is 0 Å². The molecule has 0 saturated heterocycles. The van der Waals surface area contributed by atoms with Crippen LogP contribution in [0.1, 0.15) is 32.8 Å². The molecule has 0 bridgehead atoms.